The van der Waals surface area contributed by atoms with Crippen molar-refractivity contribution in [2.75, 3.05) is 13.1 Å². The van der Waals surface area contributed by atoms with Crippen LogP contribution in [-0.4, -0.2) is 29.8 Å². The molecule has 17 heavy (non-hydrogen) atoms. The van der Waals surface area contributed by atoms with Gasteiger partial charge in [0, 0.05) is 16.6 Å². The number of hydrogen-bond acceptors (Lipinski definition) is 2. The molecule has 0 aliphatic carbocycles. The van der Waals surface area contributed by atoms with Gasteiger partial charge in [-0.05, 0) is 23.8 Å². The average molecular weight is 273 g/mol. The van der Waals surface area contributed by atoms with Gasteiger partial charge in [-0.2, -0.15) is 0 Å². The van der Waals surface area contributed by atoms with Crippen LogP contribution in [0.15, 0.2) is 18.2 Å². The van der Waals surface area contributed by atoms with Crippen molar-refractivity contribution in [2.24, 2.45) is 0 Å². The quantitative estimate of drug-likeness (QED) is 0.886. The Bertz CT molecular complexity index is 477. The highest BCUT2D eigenvalue weighted by atomic mass is 35.5. The molecule has 1 N–H and O–H groups in total. The SMILES string of the molecule is O=C1CN(Cc2cc(Cl)ccc2Cl)C(=O)CN1. The Morgan fingerprint density at radius 2 is 2.06 bits per heavy atom. The molecular weight excluding hydrogens is 263 g/mol. The molecule has 0 bridgehead atoms. The Kier molecular flexibility index (Phi) is 3.54. The number of piperazine rings is 1. The highest BCUT2D eigenvalue weighted by molar-refractivity contribution is 6.33. The molecule has 2 amide bonds. The second-order valence-corrected chi connectivity index (χ2v) is 4.61. The lowest BCUT2D eigenvalue weighted by Gasteiger charge is -2.26. The number of nitrogens with zero attached hydrogens (tertiary/aromatic N) is 1. The molecule has 1 aromatic rings. The first-order chi connectivity index (χ1) is 8.06. The molecule has 0 aromatic heterocycles. The second-order valence-electron chi connectivity index (χ2n) is 3.76. The number of carbonyl (C=O) groups excluding carboxylic acids is 2. The Balaban J connectivity index is 2.16. The Hall–Kier alpha value is -1.26. The predicted octanol–water partition coefficient (Wildman–Crippen LogP) is 1.45. The van der Waals surface area contributed by atoms with Crippen LogP contribution in [0.3, 0.4) is 0 Å². The van der Waals surface area contributed by atoms with E-state index in [0.29, 0.717) is 16.6 Å². The van der Waals surface area contributed by atoms with Crippen molar-refractivity contribution in [3.63, 3.8) is 0 Å². The summed E-state index contributed by atoms with van der Waals surface area (Å²) in [5.41, 5.74) is 0.738. The molecule has 2 rings (SSSR count). The fraction of sp³-hybridized carbons (Fsp3) is 0.273. The second kappa shape index (κ2) is 4.94. The molecule has 1 heterocycles. The van der Waals surface area contributed by atoms with Gasteiger partial charge in [-0.1, -0.05) is 23.2 Å². The maximum Gasteiger partial charge on any atom is 0.242 e. The molecule has 6 heteroatoms. The van der Waals surface area contributed by atoms with Crippen molar-refractivity contribution in [1.82, 2.24) is 10.2 Å². The van der Waals surface area contributed by atoms with Crippen molar-refractivity contribution in [3.8, 4) is 0 Å². The number of carbonyl (C=O) groups is 2. The predicted molar refractivity (Wildman–Crippen MR) is 64.9 cm³/mol. The summed E-state index contributed by atoms with van der Waals surface area (Å²) in [5, 5.41) is 3.57. The van der Waals surface area contributed by atoms with E-state index in [2.05, 4.69) is 5.32 Å². The number of halogens is 2. The monoisotopic (exact) mass is 272 g/mol. The molecule has 1 aliphatic rings. The van der Waals surface area contributed by atoms with Crippen LogP contribution < -0.4 is 5.32 Å². The van der Waals surface area contributed by atoms with E-state index >= 15 is 0 Å². The van der Waals surface area contributed by atoms with Crippen molar-refractivity contribution in [1.29, 1.82) is 0 Å². The van der Waals surface area contributed by atoms with Gasteiger partial charge in [0.25, 0.3) is 0 Å². The first kappa shape index (κ1) is 12.2. The summed E-state index contributed by atoms with van der Waals surface area (Å²) in [6.07, 6.45) is 0. The fourth-order valence-corrected chi connectivity index (χ4v) is 1.99. The lowest BCUT2D eigenvalue weighted by atomic mass is 10.2. The van der Waals surface area contributed by atoms with Gasteiger partial charge in [0.05, 0.1) is 13.1 Å². The smallest absolute Gasteiger partial charge is 0.242 e. The lowest BCUT2D eigenvalue weighted by Crippen LogP contribution is -2.51. The van der Waals surface area contributed by atoms with E-state index in [1.54, 1.807) is 18.2 Å². The van der Waals surface area contributed by atoms with Crippen LogP contribution in [0.5, 0.6) is 0 Å². The van der Waals surface area contributed by atoms with E-state index in [1.165, 1.54) is 4.90 Å². The Morgan fingerprint density at radius 3 is 2.82 bits per heavy atom. The topological polar surface area (TPSA) is 49.4 Å². The number of hydrogen-bond donors (Lipinski definition) is 1. The third-order valence-electron chi connectivity index (χ3n) is 2.49. The van der Waals surface area contributed by atoms with Crippen LogP contribution >= 0.6 is 23.2 Å². The number of amides is 2. The zero-order chi connectivity index (χ0) is 12.4. The van der Waals surface area contributed by atoms with Crippen molar-refractivity contribution >= 4 is 35.0 Å². The van der Waals surface area contributed by atoms with Crippen LogP contribution in [0, 0.1) is 0 Å². The van der Waals surface area contributed by atoms with Gasteiger partial charge < -0.3 is 10.2 Å². The number of benzene rings is 1. The molecule has 1 fully saturated rings. The van der Waals surface area contributed by atoms with Gasteiger partial charge >= 0.3 is 0 Å². The Morgan fingerprint density at radius 1 is 1.29 bits per heavy atom. The summed E-state index contributed by atoms with van der Waals surface area (Å²) < 4.78 is 0. The largest absolute Gasteiger partial charge is 0.345 e. The minimum absolute atomic E-state index is 0.0387. The van der Waals surface area contributed by atoms with Crippen LogP contribution in [-0.2, 0) is 16.1 Å². The molecule has 1 aliphatic heterocycles. The van der Waals surface area contributed by atoms with E-state index in [4.69, 9.17) is 23.2 Å². The van der Waals surface area contributed by atoms with E-state index in [-0.39, 0.29) is 24.9 Å². The highest BCUT2D eigenvalue weighted by Gasteiger charge is 2.23. The zero-order valence-electron chi connectivity index (χ0n) is 8.87. The number of rotatable bonds is 2. The van der Waals surface area contributed by atoms with E-state index in [1.807, 2.05) is 0 Å². The average Bonchev–Trinajstić information content (AvgIpc) is 2.28. The molecule has 0 atom stereocenters. The Labute approximate surface area is 108 Å². The summed E-state index contributed by atoms with van der Waals surface area (Å²) in [7, 11) is 0. The van der Waals surface area contributed by atoms with Gasteiger partial charge in [0.1, 0.15) is 0 Å². The van der Waals surface area contributed by atoms with Gasteiger partial charge in [0.2, 0.25) is 11.8 Å². The maximum atomic E-state index is 11.6. The molecule has 0 unspecified atom stereocenters. The third kappa shape index (κ3) is 2.90. The normalized spacial score (nSPS) is 16.0. The maximum absolute atomic E-state index is 11.6. The van der Waals surface area contributed by atoms with Gasteiger partial charge in [-0.15, -0.1) is 0 Å². The van der Waals surface area contributed by atoms with E-state index < -0.39 is 0 Å². The molecule has 4 nitrogen and oxygen atoms in total. The summed E-state index contributed by atoms with van der Waals surface area (Å²) in [6.45, 7) is 0.393. The van der Waals surface area contributed by atoms with Gasteiger partial charge in [0.15, 0.2) is 0 Å². The molecule has 0 spiro atoms. The summed E-state index contributed by atoms with van der Waals surface area (Å²) >= 11 is 11.9. The zero-order valence-corrected chi connectivity index (χ0v) is 10.4. The fourth-order valence-electron chi connectivity index (χ4n) is 1.62. The molecule has 1 aromatic carbocycles. The molecule has 1 saturated heterocycles. The third-order valence-corrected chi connectivity index (χ3v) is 3.10. The van der Waals surface area contributed by atoms with E-state index in [0.717, 1.165) is 5.56 Å². The molecule has 90 valence electrons. The first-order valence-electron chi connectivity index (χ1n) is 5.04. The van der Waals surface area contributed by atoms with Crippen molar-refractivity contribution in [2.45, 2.75) is 6.54 Å². The van der Waals surface area contributed by atoms with Gasteiger partial charge in [-0.3, -0.25) is 9.59 Å². The van der Waals surface area contributed by atoms with Gasteiger partial charge in [-0.25, -0.2) is 0 Å². The lowest BCUT2D eigenvalue weighted by molar-refractivity contribution is -0.141. The summed E-state index contributed by atoms with van der Waals surface area (Å²) in [4.78, 5) is 24.2. The van der Waals surface area contributed by atoms with E-state index in [9.17, 15) is 9.59 Å². The first-order valence-corrected chi connectivity index (χ1v) is 5.80. The van der Waals surface area contributed by atoms with Crippen molar-refractivity contribution < 1.29 is 9.59 Å². The van der Waals surface area contributed by atoms with Crippen LogP contribution in [0.4, 0.5) is 0 Å². The number of nitrogens with one attached hydrogen (secondary N) is 1. The van der Waals surface area contributed by atoms with Crippen LogP contribution in [0.2, 0.25) is 10.0 Å². The summed E-state index contributed by atoms with van der Waals surface area (Å²) in [5.74, 6) is -0.289. The molecule has 0 saturated carbocycles. The minimum atomic E-state index is -0.164. The molecule has 0 radical (unpaired) electrons. The highest BCUT2D eigenvalue weighted by Crippen LogP contribution is 2.22. The van der Waals surface area contributed by atoms with Crippen LogP contribution in [0.25, 0.3) is 0 Å². The standard InChI is InChI=1S/C11H10Cl2N2O2/c12-8-1-2-9(13)7(3-8)5-15-6-10(16)14-4-11(15)17/h1-3H,4-6H2,(H,14,16). The van der Waals surface area contributed by atoms with Crippen LogP contribution in [0.1, 0.15) is 5.56 Å². The van der Waals surface area contributed by atoms with Crippen molar-refractivity contribution in [3.05, 3.63) is 33.8 Å². The summed E-state index contributed by atoms with van der Waals surface area (Å²) in [6, 6.07) is 5.05. The molecular formula is C11H10Cl2N2O2. The minimum Gasteiger partial charge on any atom is -0.345 e.